The minimum Gasteiger partial charge on any atom is -0.493 e. The molecule has 0 unspecified atom stereocenters. The normalized spacial score (nSPS) is 15.4. The molecule has 5 nitrogen and oxygen atoms in total. The highest BCUT2D eigenvalue weighted by atomic mass is 32.2. The molecule has 1 aliphatic rings. The maximum atomic E-state index is 12.8. The molecule has 1 N–H and O–H groups in total. The van der Waals surface area contributed by atoms with Gasteiger partial charge in [0.1, 0.15) is 0 Å². The highest BCUT2D eigenvalue weighted by Crippen LogP contribution is 2.34. The van der Waals surface area contributed by atoms with Gasteiger partial charge in [-0.25, -0.2) is 8.42 Å². The third-order valence-corrected chi connectivity index (χ3v) is 6.44. The van der Waals surface area contributed by atoms with E-state index in [-0.39, 0.29) is 16.4 Å². The van der Waals surface area contributed by atoms with E-state index in [4.69, 9.17) is 9.47 Å². The number of methoxy groups -OCH3 is 1. The number of anilines is 1. The average molecular weight is 404 g/mol. The molecule has 0 aromatic heterocycles. The lowest BCUT2D eigenvalue weighted by atomic mass is 9.87. The highest BCUT2D eigenvalue weighted by Gasteiger charge is 2.21. The molecule has 1 fully saturated rings. The molecule has 28 heavy (non-hydrogen) atoms. The highest BCUT2D eigenvalue weighted by molar-refractivity contribution is 7.92. The van der Waals surface area contributed by atoms with Crippen LogP contribution in [0.1, 0.15) is 52.0 Å². The summed E-state index contributed by atoms with van der Waals surface area (Å²) in [6, 6.07) is 12.1. The molecule has 2 aromatic carbocycles. The number of sulfonamides is 1. The Labute approximate surface area is 168 Å². The van der Waals surface area contributed by atoms with E-state index < -0.39 is 10.0 Å². The zero-order chi connectivity index (χ0) is 20.4. The van der Waals surface area contributed by atoms with Gasteiger partial charge in [-0.2, -0.15) is 0 Å². The summed E-state index contributed by atoms with van der Waals surface area (Å²) in [6.07, 6.45) is 4.50. The molecule has 1 aliphatic carbocycles. The largest absolute Gasteiger partial charge is 0.493 e. The minimum atomic E-state index is -3.69. The topological polar surface area (TPSA) is 64.6 Å². The number of benzene rings is 2. The van der Waals surface area contributed by atoms with Gasteiger partial charge in [-0.3, -0.25) is 4.72 Å². The Morgan fingerprint density at radius 3 is 2.18 bits per heavy atom. The van der Waals surface area contributed by atoms with Crippen molar-refractivity contribution in [1.29, 1.82) is 0 Å². The first kappa shape index (κ1) is 20.5. The van der Waals surface area contributed by atoms with Crippen LogP contribution in [0, 0.1) is 0 Å². The third kappa shape index (κ3) is 4.79. The van der Waals surface area contributed by atoms with Crippen LogP contribution in [0.3, 0.4) is 0 Å². The first-order valence-corrected chi connectivity index (χ1v) is 11.2. The van der Waals surface area contributed by atoms with Crippen LogP contribution in [0.25, 0.3) is 0 Å². The van der Waals surface area contributed by atoms with Gasteiger partial charge in [-0.15, -0.1) is 0 Å². The SMILES string of the molecule is COc1ccc(NS(=O)(=O)c2ccc(C(C)(C)C)cc2)cc1OC1CCCC1. The molecule has 0 saturated heterocycles. The average Bonchev–Trinajstić information content (AvgIpc) is 3.14. The lowest BCUT2D eigenvalue weighted by Crippen LogP contribution is -2.15. The molecule has 1 saturated carbocycles. The Morgan fingerprint density at radius 2 is 1.61 bits per heavy atom. The Bertz CT molecular complexity index is 909. The van der Waals surface area contributed by atoms with Crippen molar-refractivity contribution in [2.45, 2.75) is 62.9 Å². The van der Waals surface area contributed by atoms with Crippen molar-refractivity contribution in [3.8, 4) is 11.5 Å². The van der Waals surface area contributed by atoms with E-state index in [1.807, 2.05) is 12.1 Å². The molecule has 0 bridgehead atoms. The lowest BCUT2D eigenvalue weighted by molar-refractivity contribution is 0.201. The summed E-state index contributed by atoms with van der Waals surface area (Å²) < 4.78 is 39.6. The number of rotatable bonds is 6. The van der Waals surface area contributed by atoms with E-state index in [2.05, 4.69) is 25.5 Å². The first-order chi connectivity index (χ1) is 13.2. The number of hydrogen-bond donors (Lipinski definition) is 1. The van der Waals surface area contributed by atoms with Gasteiger partial charge in [0.2, 0.25) is 0 Å². The lowest BCUT2D eigenvalue weighted by Gasteiger charge is -2.19. The third-order valence-electron chi connectivity index (χ3n) is 5.04. The standard InChI is InChI=1S/C22H29NO4S/c1-22(2,3)16-9-12-19(13-10-16)28(24,25)23-17-11-14-20(26-4)21(15-17)27-18-7-5-6-8-18/h9-15,18,23H,5-8H2,1-4H3. The van der Waals surface area contributed by atoms with Crippen LogP contribution in [0.15, 0.2) is 47.4 Å². The second-order valence-corrected chi connectivity index (χ2v) is 9.95. The molecule has 0 aliphatic heterocycles. The van der Waals surface area contributed by atoms with Crippen LogP contribution < -0.4 is 14.2 Å². The molecule has 0 spiro atoms. The van der Waals surface area contributed by atoms with Crippen LogP contribution in [0.5, 0.6) is 11.5 Å². The molecule has 0 amide bonds. The Kier molecular flexibility index (Phi) is 5.89. The smallest absolute Gasteiger partial charge is 0.261 e. The molecule has 152 valence electrons. The molecule has 2 aromatic rings. The Hall–Kier alpha value is -2.21. The fourth-order valence-corrected chi connectivity index (χ4v) is 4.42. The van der Waals surface area contributed by atoms with E-state index in [9.17, 15) is 8.42 Å². The van der Waals surface area contributed by atoms with Crippen molar-refractivity contribution in [2.24, 2.45) is 0 Å². The number of nitrogens with one attached hydrogen (secondary N) is 1. The van der Waals surface area contributed by atoms with Crippen LogP contribution in [-0.2, 0) is 15.4 Å². The van der Waals surface area contributed by atoms with E-state index in [0.29, 0.717) is 17.2 Å². The fourth-order valence-electron chi connectivity index (χ4n) is 3.37. The molecule has 3 rings (SSSR count). The molecular weight excluding hydrogens is 374 g/mol. The predicted molar refractivity (Wildman–Crippen MR) is 112 cm³/mol. The van der Waals surface area contributed by atoms with Crippen molar-refractivity contribution in [1.82, 2.24) is 0 Å². The zero-order valence-electron chi connectivity index (χ0n) is 17.0. The van der Waals surface area contributed by atoms with Crippen molar-refractivity contribution in [3.05, 3.63) is 48.0 Å². The molecule has 0 radical (unpaired) electrons. The van der Waals surface area contributed by atoms with E-state index in [1.165, 1.54) is 0 Å². The van der Waals surface area contributed by atoms with Crippen molar-refractivity contribution in [2.75, 3.05) is 11.8 Å². The van der Waals surface area contributed by atoms with Gasteiger partial charge in [0, 0.05) is 6.07 Å². The van der Waals surface area contributed by atoms with Crippen molar-refractivity contribution < 1.29 is 17.9 Å². The van der Waals surface area contributed by atoms with Crippen molar-refractivity contribution >= 4 is 15.7 Å². The van der Waals surface area contributed by atoms with Gasteiger partial charge in [0.25, 0.3) is 10.0 Å². The summed E-state index contributed by atoms with van der Waals surface area (Å²) in [4.78, 5) is 0.231. The quantitative estimate of drug-likeness (QED) is 0.727. The zero-order valence-corrected chi connectivity index (χ0v) is 17.8. The summed E-state index contributed by atoms with van der Waals surface area (Å²) in [5.41, 5.74) is 1.51. The summed E-state index contributed by atoms with van der Waals surface area (Å²) in [5, 5.41) is 0. The second-order valence-electron chi connectivity index (χ2n) is 8.27. The predicted octanol–water partition coefficient (Wildman–Crippen LogP) is 5.11. The van der Waals surface area contributed by atoms with Crippen LogP contribution in [0.4, 0.5) is 5.69 Å². The van der Waals surface area contributed by atoms with E-state index >= 15 is 0 Å². The molecule has 0 heterocycles. The number of ether oxygens (including phenoxy) is 2. The number of hydrogen-bond acceptors (Lipinski definition) is 4. The molecule has 0 atom stereocenters. The van der Waals surface area contributed by atoms with Gasteiger partial charge in [-0.1, -0.05) is 32.9 Å². The first-order valence-electron chi connectivity index (χ1n) is 9.67. The van der Waals surface area contributed by atoms with Crippen molar-refractivity contribution in [3.63, 3.8) is 0 Å². The summed E-state index contributed by atoms with van der Waals surface area (Å²) in [5.74, 6) is 1.17. The summed E-state index contributed by atoms with van der Waals surface area (Å²) >= 11 is 0. The van der Waals surface area contributed by atoms with Crippen LogP contribution in [-0.4, -0.2) is 21.6 Å². The van der Waals surface area contributed by atoms with Gasteiger partial charge in [0.15, 0.2) is 11.5 Å². The van der Waals surface area contributed by atoms with Crippen LogP contribution in [0.2, 0.25) is 0 Å². The Morgan fingerprint density at radius 1 is 0.964 bits per heavy atom. The second kappa shape index (κ2) is 8.03. The summed E-state index contributed by atoms with van der Waals surface area (Å²) in [6.45, 7) is 6.29. The molecular formula is C22H29NO4S. The molecule has 6 heteroatoms. The monoisotopic (exact) mass is 403 g/mol. The Balaban J connectivity index is 1.81. The van der Waals surface area contributed by atoms with E-state index in [1.54, 1.807) is 37.4 Å². The van der Waals surface area contributed by atoms with Gasteiger partial charge in [0.05, 0.1) is 23.8 Å². The fraction of sp³-hybridized carbons (Fsp3) is 0.455. The maximum Gasteiger partial charge on any atom is 0.261 e. The summed E-state index contributed by atoms with van der Waals surface area (Å²) in [7, 11) is -2.10. The van der Waals surface area contributed by atoms with Crippen LogP contribution >= 0.6 is 0 Å². The minimum absolute atomic E-state index is 0.0296. The van der Waals surface area contributed by atoms with Gasteiger partial charge >= 0.3 is 0 Å². The van der Waals surface area contributed by atoms with Gasteiger partial charge in [-0.05, 0) is 60.9 Å². The maximum absolute atomic E-state index is 12.8. The van der Waals surface area contributed by atoms with E-state index in [0.717, 1.165) is 31.2 Å². The van der Waals surface area contributed by atoms with Gasteiger partial charge < -0.3 is 9.47 Å².